The molecular weight excluding hydrogens is 631 g/mol. The largest absolute Gasteiger partial charge is 0.497 e. The van der Waals surface area contributed by atoms with Crippen molar-refractivity contribution in [3.63, 3.8) is 0 Å². The van der Waals surface area contributed by atoms with Crippen molar-refractivity contribution in [1.82, 2.24) is 10.2 Å². The highest BCUT2D eigenvalue weighted by Crippen LogP contribution is 2.38. The Morgan fingerprint density at radius 1 is 0.978 bits per heavy atom. The molecule has 0 saturated carbocycles. The Bertz CT molecular complexity index is 1610. The van der Waals surface area contributed by atoms with Crippen LogP contribution in [0.15, 0.2) is 71.6 Å². The van der Waals surface area contributed by atoms with E-state index in [-0.39, 0.29) is 17.9 Å². The van der Waals surface area contributed by atoms with Gasteiger partial charge in [-0.3, -0.25) is 13.9 Å². The molecular formula is C32H37ClF3N3O5S. The summed E-state index contributed by atoms with van der Waals surface area (Å²) in [6.07, 6.45) is -4.72. The van der Waals surface area contributed by atoms with Crippen molar-refractivity contribution in [3.8, 4) is 5.75 Å². The fraction of sp³-hybridized carbons (Fsp3) is 0.375. The maximum atomic E-state index is 14.2. The number of hydrogen-bond acceptors (Lipinski definition) is 5. The average molecular weight is 668 g/mol. The molecule has 1 N–H and O–H groups in total. The number of hydrogen-bond donors (Lipinski definition) is 1. The minimum Gasteiger partial charge on any atom is -0.497 e. The van der Waals surface area contributed by atoms with Gasteiger partial charge in [0.05, 0.1) is 28.3 Å². The van der Waals surface area contributed by atoms with E-state index in [9.17, 15) is 31.2 Å². The van der Waals surface area contributed by atoms with Gasteiger partial charge in [-0.15, -0.1) is 0 Å². The topological polar surface area (TPSA) is 96.0 Å². The van der Waals surface area contributed by atoms with E-state index in [0.717, 1.165) is 17.7 Å². The number of methoxy groups -OCH3 is 1. The number of nitrogens with one attached hydrogen (secondary N) is 1. The van der Waals surface area contributed by atoms with Gasteiger partial charge < -0.3 is 15.0 Å². The van der Waals surface area contributed by atoms with Crippen LogP contribution in [0.25, 0.3) is 0 Å². The third-order valence-electron chi connectivity index (χ3n) is 6.83. The number of amides is 2. The molecule has 0 aliphatic rings. The number of carbonyl (C=O) groups is 2. The predicted octanol–water partition coefficient (Wildman–Crippen LogP) is 6.59. The van der Waals surface area contributed by atoms with Crippen LogP contribution in [0.4, 0.5) is 18.9 Å². The van der Waals surface area contributed by atoms with Crippen molar-refractivity contribution in [2.24, 2.45) is 0 Å². The first kappa shape index (κ1) is 35.7. The molecule has 3 aromatic carbocycles. The standard InChI is InChI=1S/C32H37ClF3N3O5S/c1-7-28(30(41)37-31(3,4)5)38(19-22-10-13-24(44-6)14-11-22)29(40)20-39(45(42,43)25-15-8-21(2)9-16-25)23-12-17-27(33)26(18-23)32(34,35)36/h8-18,28H,7,19-20H2,1-6H3,(H,37,41)/t28-/m1/s1. The van der Waals surface area contributed by atoms with Gasteiger partial charge in [0.25, 0.3) is 10.0 Å². The number of benzene rings is 3. The monoisotopic (exact) mass is 667 g/mol. The van der Waals surface area contributed by atoms with E-state index < -0.39 is 62.4 Å². The van der Waals surface area contributed by atoms with Gasteiger partial charge in [0, 0.05) is 12.1 Å². The molecule has 3 rings (SSSR count). The van der Waals surface area contributed by atoms with Gasteiger partial charge in [0.2, 0.25) is 11.8 Å². The van der Waals surface area contributed by atoms with E-state index in [4.69, 9.17) is 16.3 Å². The number of ether oxygens (including phenoxy) is 1. The Morgan fingerprint density at radius 3 is 2.09 bits per heavy atom. The van der Waals surface area contributed by atoms with Crippen LogP contribution in [-0.2, 0) is 32.3 Å². The molecule has 2 amide bonds. The summed E-state index contributed by atoms with van der Waals surface area (Å²) in [4.78, 5) is 28.6. The first-order valence-corrected chi connectivity index (χ1v) is 15.9. The maximum Gasteiger partial charge on any atom is 0.417 e. The summed E-state index contributed by atoms with van der Waals surface area (Å²) in [7, 11) is -3.08. The lowest BCUT2D eigenvalue weighted by Crippen LogP contribution is -2.55. The smallest absolute Gasteiger partial charge is 0.417 e. The van der Waals surface area contributed by atoms with E-state index in [0.29, 0.717) is 21.7 Å². The Balaban J connectivity index is 2.16. The highest BCUT2D eigenvalue weighted by atomic mass is 35.5. The van der Waals surface area contributed by atoms with Gasteiger partial charge in [-0.25, -0.2) is 8.42 Å². The Kier molecular flexibility index (Phi) is 11.2. The molecule has 0 aliphatic carbocycles. The number of alkyl halides is 3. The highest BCUT2D eigenvalue weighted by Gasteiger charge is 2.37. The lowest BCUT2D eigenvalue weighted by molar-refractivity contribution is -0.141. The molecule has 0 radical (unpaired) electrons. The van der Waals surface area contributed by atoms with E-state index in [1.165, 1.54) is 36.3 Å². The Labute approximate surface area is 267 Å². The molecule has 0 saturated heterocycles. The fourth-order valence-corrected chi connectivity index (χ4v) is 6.18. The zero-order valence-electron chi connectivity index (χ0n) is 25.9. The minimum atomic E-state index is -4.89. The number of rotatable bonds is 11. The zero-order valence-corrected chi connectivity index (χ0v) is 27.5. The van der Waals surface area contributed by atoms with Gasteiger partial charge >= 0.3 is 6.18 Å². The third kappa shape index (κ3) is 9.13. The van der Waals surface area contributed by atoms with Crippen LogP contribution in [0, 0.1) is 6.92 Å². The van der Waals surface area contributed by atoms with Crippen LogP contribution in [-0.4, -0.2) is 50.4 Å². The van der Waals surface area contributed by atoms with Gasteiger partial charge in [0.15, 0.2) is 0 Å². The quantitative estimate of drug-likeness (QED) is 0.249. The molecule has 45 heavy (non-hydrogen) atoms. The molecule has 3 aromatic rings. The van der Waals surface area contributed by atoms with Crippen molar-refractivity contribution in [2.45, 2.75) is 70.2 Å². The van der Waals surface area contributed by atoms with Crippen LogP contribution in [0.3, 0.4) is 0 Å². The lowest BCUT2D eigenvalue weighted by atomic mass is 10.1. The highest BCUT2D eigenvalue weighted by molar-refractivity contribution is 7.92. The molecule has 0 aromatic heterocycles. The third-order valence-corrected chi connectivity index (χ3v) is 8.94. The maximum absolute atomic E-state index is 14.2. The molecule has 0 spiro atoms. The van der Waals surface area contributed by atoms with E-state index >= 15 is 0 Å². The van der Waals surface area contributed by atoms with Gasteiger partial charge in [0.1, 0.15) is 18.3 Å². The fourth-order valence-electron chi connectivity index (χ4n) is 4.55. The van der Waals surface area contributed by atoms with Crippen molar-refractivity contribution >= 4 is 39.1 Å². The van der Waals surface area contributed by atoms with Gasteiger partial charge in [-0.2, -0.15) is 13.2 Å². The first-order valence-electron chi connectivity index (χ1n) is 14.1. The van der Waals surface area contributed by atoms with E-state index in [1.54, 1.807) is 58.9 Å². The molecule has 0 unspecified atom stereocenters. The number of nitrogens with zero attached hydrogens (tertiary/aromatic N) is 2. The zero-order chi connectivity index (χ0) is 33.7. The summed E-state index contributed by atoms with van der Waals surface area (Å²) in [5.74, 6) is -0.709. The normalized spacial score (nSPS) is 12.8. The number of carbonyl (C=O) groups excluding carboxylic acids is 2. The van der Waals surface area contributed by atoms with Crippen LogP contribution >= 0.6 is 11.6 Å². The number of anilines is 1. The molecule has 1 atom stereocenters. The summed E-state index contributed by atoms with van der Waals surface area (Å²) in [5, 5.41) is 2.23. The number of sulfonamides is 1. The van der Waals surface area contributed by atoms with Crippen molar-refractivity contribution in [2.75, 3.05) is 18.0 Å². The summed E-state index contributed by atoms with van der Waals surface area (Å²) < 4.78 is 75.3. The molecule has 8 nitrogen and oxygen atoms in total. The number of aryl methyl sites for hydroxylation is 1. The molecule has 0 heterocycles. The van der Waals surface area contributed by atoms with Crippen LogP contribution in [0.2, 0.25) is 5.02 Å². The Hall–Kier alpha value is -3.77. The number of halogens is 4. The van der Waals surface area contributed by atoms with Crippen LogP contribution in [0.5, 0.6) is 5.75 Å². The summed E-state index contributed by atoms with van der Waals surface area (Å²) in [6.45, 7) is 7.80. The second-order valence-electron chi connectivity index (χ2n) is 11.5. The van der Waals surface area contributed by atoms with Gasteiger partial charge in [-0.05, 0) is 82.1 Å². The summed E-state index contributed by atoms with van der Waals surface area (Å²) in [5.41, 5.74) is -0.951. The second kappa shape index (κ2) is 14.1. The first-order chi connectivity index (χ1) is 20.9. The predicted molar refractivity (Wildman–Crippen MR) is 168 cm³/mol. The average Bonchev–Trinajstić information content (AvgIpc) is 2.95. The van der Waals surface area contributed by atoms with Crippen LogP contribution in [0.1, 0.15) is 50.8 Å². The molecule has 13 heteroatoms. The van der Waals surface area contributed by atoms with E-state index in [1.807, 2.05) is 0 Å². The molecule has 0 fully saturated rings. The summed E-state index contributed by atoms with van der Waals surface area (Å²) >= 11 is 5.83. The Morgan fingerprint density at radius 2 is 1.58 bits per heavy atom. The van der Waals surface area contributed by atoms with Crippen molar-refractivity contribution in [3.05, 3.63) is 88.4 Å². The molecule has 0 aliphatic heterocycles. The minimum absolute atomic E-state index is 0.0915. The molecule has 244 valence electrons. The van der Waals surface area contributed by atoms with Crippen molar-refractivity contribution in [1.29, 1.82) is 0 Å². The van der Waals surface area contributed by atoms with E-state index in [2.05, 4.69) is 5.32 Å². The SMILES string of the molecule is CC[C@H](C(=O)NC(C)(C)C)N(Cc1ccc(OC)cc1)C(=O)CN(c1ccc(Cl)c(C(F)(F)F)c1)S(=O)(=O)c1ccc(C)cc1. The van der Waals surface area contributed by atoms with Crippen molar-refractivity contribution < 1.29 is 35.9 Å². The second-order valence-corrected chi connectivity index (χ2v) is 13.8. The van der Waals surface area contributed by atoms with Gasteiger partial charge in [-0.1, -0.05) is 48.4 Å². The van der Waals surface area contributed by atoms with Crippen LogP contribution < -0.4 is 14.4 Å². The molecule has 0 bridgehead atoms. The lowest BCUT2D eigenvalue weighted by Gasteiger charge is -2.35. The summed E-state index contributed by atoms with van der Waals surface area (Å²) in [6, 6.07) is 14.0.